The third-order valence-electron chi connectivity index (χ3n) is 3.57. The van der Waals surface area contributed by atoms with Crippen molar-refractivity contribution in [2.24, 2.45) is 5.41 Å². The van der Waals surface area contributed by atoms with Gasteiger partial charge in [-0.25, -0.2) is 0 Å². The molecule has 0 aliphatic carbocycles. The van der Waals surface area contributed by atoms with Gasteiger partial charge in [-0.2, -0.15) is 0 Å². The lowest BCUT2D eigenvalue weighted by Crippen LogP contribution is -2.35. The first-order valence-corrected chi connectivity index (χ1v) is 6.52. The van der Waals surface area contributed by atoms with Gasteiger partial charge in [0.05, 0.1) is 13.2 Å². The van der Waals surface area contributed by atoms with Gasteiger partial charge in [0.25, 0.3) is 0 Å². The molecular weight excluding hydrogens is 210 g/mol. The zero-order valence-electron chi connectivity index (χ0n) is 11.3. The number of benzene rings is 1. The number of rotatable bonds is 8. The number of ether oxygens (including phenoxy) is 1. The Morgan fingerprint density at radius 1 is 1.12 bits per heavy atom. The van der Waals surface area contributed by atoms with E-state index >= 15 is 0 Å². The van der Waals surface area contributed by atoms with Gasteiger partial charge in [-0.05, 0) is 25.5 Å². The van der Waals surface area contributed by atoms with Crippen molar-refractivity contribution in [3.63, 3.8) is 0 Å². The lowest BCUT2D eigenvalue weighted by Gasteiger charge is -2.31. The zero-order valence-corrected chi connectivity index (χ0v) is 11.3. The molecule has 0 bridgehead atoms. The van der Waals surface area contributed by atoms with Crippen LogP contribution in [-0.4, -0.2) is 20.2 Å². The Kier molecular flexibility index (Phi) is 6.23. The van der Waals surface area contributed by atoms with Crippen LogP contribution in [0, 0.1) is 5.41 Å². The minimum absolute atomic E-state index is 0.281. The maximum Gasteiger partial charge on any atom is 0.0717 e. The third kappa shape index (κ3) is 4.49. The van der Waals surface area contributed by atoms with Crippen molar-refractivity contribution in [1.29, 1.82) is 0 Å². The lowest BCUT2D eigenvalue weighted by molar-refractivity contribution is 0.0290. The molecular formula is C15H25NO. The molecule has 1 N–H and O–H groups in total. The molecule has 17 heavy (non-hydrogen) atoms. The molecule has 0 spiro atoms. The first-order valence-electron chi connectivity index (χ1n) is 6.52. The van der Waals surface area contributed by atoms with Crippen molar-refractivity contribution < 1.29 is 4.74 Å². The fraction of sp³-hybridized carbons (Fsp3) is 0.600. The molecule has 1 aromatic carbocycles. The van der Waals surface area contributed by atoms with Gasteiger partial charge in [-0.1, -0.05) is 44.2 Å². The molecule has 0 saturated heterocycles. The van der Waals surface area contributed by atoms with Gasteiger partial charge in [0.15, 0.2) is 0 Å². The first-order chi connectivity index (χ1) is 8.26. The number of hydrogen-bond acceptors (Lipinski definition) is 2. The van der Waals surface area contributed by atoms with E-state index in [0.29, 0.717) is 6.61 Å². The van der Waals surface area contributed by atoms with Gasteiger partial charge < -0.3 is 10.1 Å². The van der Waals surface area contributed by atoms with Crippen LogP contribution in [0.25, 0.3) is 0 Å². The van der Waals surface area contributed by atoms with Crippen LogP contribution < -0.4 is 5.32 Å². The molecule has 0 radical (unpaired) electrons. The van der Waals surface area contributed by atoms with E-state index in [4.69, 9.17) is 4.74 Å². The fourth-order valence-corrected chi connectivity index (χ4v) is 2.09. The Morgan fingerprint density at radius 3 is 2.29 bits per heavy atom. The largest absolute Gasteiger partial charge is 0.376 e. The normalized spacial score (nSPS) is 11.7. The second-order valence-corrected chi connectivity index (χ2v) is 4.72. The summed E-state index contributed by atoms with van der Waals surface area (Å²) < 4.78 is 5.88. The molecule has 0 fully saturated rings. The highest BCUT2D eigenvalue weighted by atomic mass is 16.5. The maximum atomic E-state index is 5.88. The molecule has 1 rings (SSSR count). The monoisotopic (exact) mass is 235 g/mol. The van der Waals surface area contributed by atoms with E-state index in [1.807, 2.05) is 13.1 Å². The van der Waals surface area contributed by atoms with Crippen molar-refractivity contribution in [2.45, 2.75) is 33.3 Å². The summed E-state index contributed by atoms with van der Waals surface area (Å²) in [6.45, 7) is 7.05. The number of hydrogen-bond donors (Lipinski definition) is 1. The molecule has 96 valence electrons. The van der Waals surface area contributed by atoms with Crippen molar-refractivity contribution in [3.8, 4) is 0 Å². The van der Waals surface area contributed by atoms with Crippen molar-refractivity contribution in [2.75, 3.05) is 20.2 Å². The number of nitrogens with one attached hydrogen (secondary N) is 1. The predicted octanol–water partition coefficient (Wildman–Crippen LogP) is 3.23. The summed E-state index contributed by atoms with van der Waals surface area (Å²) in [5.74, 6) is 0. The van der Waals surface area contributed by atoms with Crippen LogP contribution in [0.3, 0.4) is 0 Å². The molecule has 0 amide bonds. The summed E-state index contributed by atoms with van der Waals surface area (Å²) in [4.78, 5) is 0. The van der Waals surface area contributed by atoms with E-state index in [-0.39, 0.29) is 5.41 Å². The Bertz CT molecular complexity index is 293. The van der Waals surface area contributed by atoms with E-state index in [0.717, 1.165) is 26.0 Å². The highest BCUT2D eigenvalue weighted by Crippen LogP contribution is 2.26. The second-order valence-electron chi connectivity index (χ2n) is 4.72. The minimum Gasteiger partial charge on any atom is -0.376 e. The van der Waals surface area contributed by atoms with E-state index in [2.05, 4.69) is 43.4 Å². The molecule has 2 nitrogen and oxygen atoms in total. The van der Waals surface area contributed by atoms with Crippen LogP contribution in [-0.2, 0) is 11.3 Å². The van der Waals surface area contributed by atoms with E-state index in [9.17, 15) is 0 Å². The molecule has 0 unspecified atom stereocenters. The molecule has 0 aliphatic rings. The van der Waals surface area contributed by atoms with Crippen LogP contribution in [0.4, 0.5) is 0 Å². The topological polar surface area (TPSA) is 21.3 Å². The van der Waals surface area contributed by atoms with E-state index in [1.165, 1.54) is 5.56 Å². The fourth-order valence-electron chi connectivity index (χ4n) is 2.09. The summed E-state index contributed by atoms with van der Waals surface area (Å²) >= 11 is 0. The Hall–Kier alpha value is -0.860. The van der Waals surface area contributed by atoms with Gasteiger partial charge in [0.2, 0.25) is 0 Å². The van der Waals surface area contributed by atoms with Crippen LogP contribution in [0.1, 0.15) is 32.3 Å². The average Bonchev–Trinajstić information content (AvgIpc) is 2.39. The molecule has 0 saturated carbocycles. The molecule has 2 heteroatoms. The smallest absolute Gasteiger partial charge is 0.0717 e. The maximum absolute atomic E-state index is 5.88. The van der Waals surface area contributed by atoms with Gasteiger partial charge in [-0.15, -0.1) is 0 Å². The second kappa shape index (κ2) is 7.46. The first kappa shape index (κ1) is 14.2. The van der Waals surface area contributed by atoms with Crippen LogP contribution >= 0.6 is 0 Å². The quantitative estimate of drug-likeness (QED) is 0.747. The Balaban J connectivity index is 2.42. The summed E-state index contributed by atoms with van der Waals surface area (Å²) in [5, 5.41) is 3.28. The van der Waals surface area contributed by atoms with Gasteiger partial charge in [-0.3, -0.25) is 0 Å². The van der Waals surface area contributed by atoms with E-state index in [1.54, 1.807) is 0 Å². The lowest BCUT2D eigenvalue weighted by atomic mass is 9.83. The van der Waals surface area contributed by atoms with Gasteiger partial charge in [0, 0.05) is 12.0 Å². The van der Waals surface area contributed by atoms with Crippen LogP contribution in [0.15, 0.2) is 30.3 Å². The highest BCUT2D eigenvalue weighted by molar-refractivity contribution is 5.13. The van der Waals surface area contributed by atoms with Crippen LogP contribution in [0.2, 0.25) is 0 Å². The predicted molar refractivity (Wildman–Crippen MR) is 73.0 cm³/mol. The molecule has 0 aliphatic heterocycles. The van der Waals surface area contributed by atoms with Crippen molar-refractivity contribution in [3.05, 3.63) is 35.9 Å². The summed E-state index contributed by atoms with van der Waals surface area (Å²) in [6, 6.07) is 10.4. The third-order valence-corrected chi connectivity index (χ3v) is 3.57. The highest BCUT2D eigenvalue weighted by Gasteiger charge is 2.25. The van der Waals surface area contributed by atoms with Gasteiger partial charge in [0.1, 0.15) is 0 Å². The summed E-state index contributed by atoms with van der Waals surface area (Å²) in [5.41, 5.74) is 1.53. The SMILES string of the molecule is CCC(CC)(CNC)COCc1ccccc1. The van der Waals surface area contributed by atoms with E-state index < -0.39 is 0 Å². The molecule has 0 atom stereocenters. The van der Waals surface area contributed by atoms with Crippen LogP contribution in [0.5, 0.6) is 0 Å². The minimum atomic E-state index is 0.281. The Morgan fingerprint density at radius 2 is 1.76 bits per heavy atom. The molecule has 1 aromatic rings. The van der Waals surface area contributed by atoms with Crippen molar-refractivity contribution in [1.82, 2.24) is 5.32 Å². The standard InChI is InChI=1S/C15H25NO/c1-4-15(5-2,12-16-3)13-17-11-14-9-7-6-8-10-14/h6-10,16H,4-5,11-13H2,1-3H3. The van der Waals surface area contributed by atoms with Gasteiger partial charge >= 0.3 is 0 Å². The molecule has 0 aromatic heterocycles. The Labute approximate surface area is 105 Å². The summed E-state index contributed by atoms with van der Waals surface area (Å²) in [6.07, 6.45) is 2.30. The summed E-state index contributed by atoms with van der Waals surface area (Å²) in [7, 11) is 2.01. The average molecular weight is 235 g/mol. The molecule has 0 heterocycles. The van der Waals surface area contributed by atoms with Crippen molar-refractivity contribution >= 4 is 0 Å². The zero-order chi connectivity index (χ0) is 12.6.